The molecule has 28 heavy (non-hydrogen) atoms. The molecule has 0 bridgehead atoms. The molecule has 1 aromatic carbocycles. The van der Waals surface area contributed by atoms with Crippen molar-refractivity contribution in [3.63, 3.8) is 0 Å². The molecule has 0 fully saturated rings. The molecule has 0 saturated heterocycles. The van der Waals surface area contributed by atoms with E-state index in [2.05, 4.69) is 5.32 Å². The van der Waals surface area contributed by atoms with E-state index >= 15 is 0 Å². The maximum absolute atomic E-state index is 13.7. The van der Waals surface area contributed by atoms with Crippen LogP contribution in [0.15, 0.2) is 29.5 Å². The number of aliphatic carboxylic acids is 1. The predicted octanol–water partition coefficient (Wildman–Crippen LogP) is 4.83. The fourth-order valence-corrected chi connectivity index (χ4v) is 4.23. The number of alkyl halides is 3. The van der Waals surface area contributed by atoms with Crippen LogP contribution < -0.4 is 5.32 Å². The number of rotatable bonds is 4. The number of carboxylic acids is 1. The van der Waals surface area contributed by atoms with Crippen LogP contribution in [0, 0.1) is 28.5 Å². The van der Waals surface area contributed by atoms with Gasteiger partial charge in [0.25, 0.3) is 0 Å². The Kier molecular flexibility index (Phi) is 5.79. The van der Waals surface area contributed by atoms with Gasteiger partial charge in [0, 0.05) is 17.7 Å². The van der Waals surface area contributed by atoms with Gasteiger partial charge in [0.05, 0.1) is 22.6 Å². The average molecular weight is 398 g/mol. The van der Waals surface area contributed by atoms with Gasteiger partial charge in [-0.1, -0.05) is 19.9 Å². The third-order valence-electron chi connectivity index (χ3n) is 5.31. The molecular formula is C20H22F4N2O2. The summed E-state index contributed by atoms with van der Waals surface area (Å²) in [5.41, 5.74) is -3.14. The Morgan fingerprint density at radius 1 is 1.39 bits per heavy atom. The average Bonchev–Trinajstić information content (AvgIpc) is 2.55. The summed E-state index contributed by atoms with van der Waals surface area (Å²) < 4.78 is 54.7. The molecule has 0 radical (unpaired) electrons. The first-order chi connectivity index (χ1) is 12.9. The van der Waals surface area contributed by atoms with Crippen LogP contribution in [0.3, 0.4) is 0 Å². The van der Waals surface area contributed by atoms with Crippen LogP contribution in [0.2, 0.25) is 0 Å². The summed E-state index contributed by atoms with van der Waals surface area (Å²) in [6.45, 7) is 6.64. The highest BCUT2D eigenvalue weighted by atomic mass is 19.4. The molecule has 0 amide bonds. The molecule has 2 N–H and O–H groups in total. The zero-order valence-corrected chi connectivity index (χ0v) is 16.0. The molecule has 1 aromatic rings. The molecule has 0 spiro atoms. The second-order valence-electron chi connectivity index (χ2n) is 7.62. The van der Waals surface area contributed by atoms with E-state index in [4.69, 9.17) is 0 Å². The molecule has 1 aliphatic heterocycles. The molecule has 0 saturated carbocycles. The van der Waals surface area contributed by atoms with Gasteiger partial charge in [-0.3, -0.25) is 4.79 Å². The molecule has 3 atom stereocenters. The third kappa shape index (κ3) is 3.58. The molecule has 1 heterocycles. The standard InChI is InChI=1S/C20H22F4N2O2/c1-10(2)8-19(18(27)28)12(4)26-11(3)15(9-25)17(19)14-6-5-13(21)7-16(14)20(22,23)24/h5-7,10,12,17,26H,8H2,1-4H3,(H,27,28). The third-order valence-corrected chi connectivity index (χ3v) is 5.31. The number of allylic oxidation sites excluding steroid dienone is 2. The van der Waals surface area contributed by atoms with E-state index < -0.39 is 46.5 Å². The maximum Gasteiger partial charge on any atom is 0.416 e. The smallest absolute Gasteiger partial charge is 0.416 e. The molecule has 2 rings (SSSR count). The summed E-state index contributed by atoms with van der Waals surface area (Å²) in [6.07, 6.45) is -4.86. The topological polar surface area (TPSA) is 73.1 Å². The summed E-state index contributed by atoms with van der Waals surface area (Å²) in [7, 11) is 0. The van der Waals surface area contributed by atoms with Gasteiger partial charge in [0.1, 0.15) is 5.82 Å². The molecule has 8 heteroatoms. The lowest BCUT2D eigenvalue weighted by molar-refractivity contribution is -0.154. The van der Waals surface area contributed by atoms with Crippen molar-refractivity contribution >= 4 is 5.97 Å². The first-order valence-electron chi connectivity index (χ1n) is 8.83. The number of hydrogen-bond donors (Lipinski definition) is 2. The van der Waals surface area contributed by atoms with Gasteiger partial charge in [0.2, 0.25) is 0 Å². The molecule has 0 aromatic heterocycles. The van der Waals surface area contributed by atoms with E-state index in [1.807, 2.05) is 6.07 Å². The van der Waals surface area contributed by atoms with E-state index in [1.54, 1.807) is 20.8 Å². The van der Waals surface area contributed by atoms with Crippen LogP contribution in [0.1, 0.15) is 51.2 Å². The van der Waals surface area contributed by atoms with Crippen molar-refractivity contribution in [2.24, 2.45) is 11.3 Å². The van der Waals surface area contributed by atoms with Gasteiger partial charge >= 0.3 is 12.1 Å². The number of nitrogens with one attached hydrogen (secondary N) is 1. The Balaban J connectivity index is 2.94. The largest absolute Gasteiger partial charge is 0.481 e. The van der Waals surface area contributed by atoms with Gasteiger partial charge < -0.3 is 10.4 Å². The number of carboxylic acid groups (broad SMARTS) is 1. The van der Waals surface area contributed by atoms with Gasteiger partial charge in [-0.2, -0.15) is 18.4 Å². The zero-order valence-electron chi connectivity index (χ0n) is 16.0. The minimum atomic E-state index is -4.90. The van der Waals surface area contributed by atoms with Crippen LogP contribution in [0.4, 0.5) is 17.6 Å². The minimum absolute atomic E-state index is 0.0360. The fraction of sp³-hybridized carbons (Fsp3) is 0.500. The summed E-state index contributed by atoms with van der Waals surface area (Å²) in [4.78, 5) is 12.5. The van der Waals surface area contributed by atoms with Crippen molar-refractivity contribution in [1.82, 2.24) is 5.32 Å². The quantitative estimate of drug-likeness (QED) is 0.713. The van der Waals surface area contributed by atoms with Gasteiger partial charge in [0.15, 0.2) is 0 Å². The van der Waals surface area contributed by atoms with Crippen molar-refractivity contribution in [2.45, 2.75) is 52.3 Å². The Hall–Kier alpha value is -2.56. The number of hydrogen-bond acceptors (Lipinski definition) is 3. The molecule has 1 aliphatic rings. The highest BCUT2D eigenvalue weighted by molar-refractivity contribution is 5.80. The number of halogens is 4. The van der Waals surface area contributed by atoms with Crippen molar-refractivity contribution in [2.75, 3.05) is 0 Å². The van der Waals surface area contributed by atoms with Crippen LogP contribution in [-0.2, 0) is 11.0 Å². The second kappa shape index (κ2) is 7.46. The summed E-state index contributed by atoms with van der Waals surface area (Å²) >= 11 is 0. The van der Waals surface area contributed by atoms with E-state index in [9.17, 15) is 32.7 Å². The summed E-state index contributed by atoms with van der Waals surface area (Å²) in [6, 6.07) is 3.31. The zero-order chi connectivity index (χ0) is 21.4. The van der Waals surface area contributed by atoms with E-state index in [0.717, 1.165) is 12.1 Å². The molecule has 4 nitrogen and oxygen atoms in total. The van der Waals surface area contributed by atoms with Crippen molar-refractivity contribution in [3.05, 3.63) is 46.4 Å². The van der Waals surface area contributed by atoms with E-state index in [0.29, 0.717) is 11.8 Å². The minimum Gasteiger partial charge on any atom is -0.481 e. The highest BCUT2D eigenvalue weighted by Crippen LogP contribution is 2.53. The first-order valence-corrected chi connectivity index (χ1v) is 8.83. The fourth-order valence-electron chi connectivity index (χ4n) is 4.23. The van der Waals surface area contributed by atoms with Gasteiger partial charge in [-0.05, 0) is 43.9 Å². The monoisotopic (exact) mass is 398 g/mol. The van der Waals surface area contributed by atoms with Gasteiger partial charge in [-0.15, -0.1) is 0 Å². The first kappa shape index (κ1) is 21.7. The van der Waals surface area contributed by atoms with Crippen molar-refractivity contribution < 1.29 is 27.5 Å². The van der Waals surface area contributed by atoms with Crippen LogP contribution in [-0.4, -0.2) is 17.1 Å². The number of nitriles is 1. The second-order valence-corrected chi connectivity index (χ2v) is 7.62. The predicted molar refractivity (Wildman–Crippen MR) is 94.6 cm³/mol. The van der Waals surface area contributed by atoms with Crippen LogP contribution in [0.5, 0.6) is 0 Å². The molecular weight excluding hydrogens is 376 g/mol. The number of carbonyl (C=O) groups is 1. The Morgan fingerprint density at radius 2 is 2.00 bits per heavy atom. The summed E-state index contributed by atoms with van der Waals surface area (Å²) in [5.74, 6) is -3.92. The van der Waals surface area contributed by atoms with E-state index in [-0.39, 0.29) is 17.9 Å². The number of nitrogens with zero attached hydrogens (tertiary/aromatic N) is 1. The lowest BCUT2D eigenvalue weighted by Gasteiger charge is -2.47. The summed E-state index contributed by atoms with van der Waals surface area (Å²) in [5, 5.41) is 22.8. The van der Waals surface area contributed by atoms with Crippen LogP contribution >= 0.6 is 0 Å². The molecule has 152 valence electrons. The lowest BCUT2D eigenvalue weighted by atomic mass is 9.59. The SMILES string of the molecule is CC1=C(C#N)C(c2ccc(F)cc2C(F)(F)F)C(CC(C)C)(C(=O)O)C(C)N1. The van der Waals surface area contributed by atoms with E-state index in [1.165, 1.54) is 6.92 Å². The normalized spacial score (nSPS) is 25.4. The highest BCUT2D eigenvalue weighted by Gasteiger charge is 2.56. The molecule has 0 aliphatic carbocycles. The number of benzene rings is 1. The Morgan fingerprint density at radius 3 is 2.46 bits per heavy atom. The van der Waals surface area contributed by atoms with Gasteiger partial charge in [-0.25, -0.2) is 4.39 Å². The van der Waals surface area contributed by atoms with Crippen molar-refractivity contribution in [1.29, 1.82) is 5.26 Å². The Bertz CT molecular complexity index is 855. The van der Waals surface area contributed by atoms with Crippen molar-refractivity contribution in [3.8, 4) is 6.07 Å². The molecule has 3 unspecified atom stereocenters. The van der Waals surface area contributed by atoms with Crippen LogP contribution in [0.25, 0.3) is 0 Å². The Labute approximate surface area is 160 Å². The maximum atomic E-state index is 13.7. The lowest BCUT2D eigenvalue weighted by Crippen LogP contribution is -2.56.